The summed E-state index contributed by atoms with van der Waals surface area (Å²) >= 11 is 6.09. The molecular weight excluding hydrogens is 368 g/mol. The zero-order chi connectivity index (χ0) is 18.8. The Morgan fingerprint density at radius 2 is 1.78 bits per heavy atom. The summed E-state index contributed by atoms with van der Waals surface area (Å²) in [6.45, 7) is 1.25. The number of nitrogens with zero attached hydrogens (tertiary/aromatic N) is 1. The van der Waals surface area contributed by atoms with Gasteiger partial charge in [0.15, 0.2) is 11.5 Å². The van der Waals surface area contributed by atoms with E-state index in [0.717, 1.165) is 0 Å². The molecule has 0 atom stereocenters. The Hall–Kier alpha value is -2.73. The largest absolute Gasteiger partial charge is 0.454 e. The molecule has 2 aliphatic rings. The monoisotopic (exact) mass is 386 g/mol. The maximum atomic E-state index is 12.7. The molecular formula is C20H19ClN2O4. The fourth-order valence-corrected chi connectivity index (χ4v) is 3.54. The van der Waals surface area contributed by atoms with Gasteiger partial charge in [-0.2, -0.15) is 0 Å². The SMILES string of the molecule is O=C(Nc1ccccc1Cl)C1CCN(C(=O)c2ccc3c(c2)OCO3)CC1. The van der Waals surface area contributed by atoms with Crippen LogP contribution in [-0.4, -0.2) is 36.6 Å². The Morgan fingerprint density at radius 1 is 1.04 bits per heavy atom. The average Bonchev–Trinajstić information content (AvgIpc) is 3.17. The lowest BCUT2D eigenvalue weighted by atomic mass is 9.95. The molecule has 1 saturated heterocycles. The van der Waals surface area contributed by atoms with Gasteiger partial charge in [-0.15, -0.1) is 0 Å². The number of hydrogen-bond acceptors (Lipinski definition) is 4. The fraction of sp³-hybridized carbons (Fsp3) is 0.300. The van der Waals surface area contributed by atoms with Crippen LogP contribution in [0.1, 0.15) is 23.2 Å². The van der Waals surface area contributed by atoms with Crippen molar-refractivity contribution in [3.05, 3.63) is 53.1 Å². The molecule has 27 heavy (non-hydrogen) atoms. The Labute approximate surface area is 162 Å². The summed E-state index contributed by atoms with van der Waals surface area (Å²) < 4.78 is 10.6. The van der Waals surface area contributed by atoms with Crippen molar-refractivity contribution >= 4 is 29.1 Å². The Kier molecular flexibility index (Phi) is 4.90. The van der Waals surface area contributed by atoms with Gasteiger partial charge in [-0.3, -0.25) is 9.59 Å². The number of piperidine rings is 1. The molecule has 2 aromatic carbocycles. The van der Waals surface area contributed by atoms with Crippen LogP contribution < -0.4 is 14.8 Å². The van der Waals surface area contributed by atoms with Crippen molar-refractivity contribution in [1.82, 2.24) is 4.90 Å². The van der Waals surface area contributed by atoms with Crippen molar-refractivity contribution in [2.75, 3.05) is 25.2 Å². The zero-order valence-electron chi connectivity index (χ0n) is 14.6. The molecule has 2 amide bonds. The van der Waals surface area contributed by atoms with E-state index in [1.807, 2.05) is 12.1 Å². The highest BCUT2D eigenvalue weighted by molar-refractivity contribution is 6.33. The van der Waals surface area contributed by atoms with E-state index < -0.39 is 0 Å². The van der Waals surface area contributed by atoms with Gasteiger partial charge in [0.25, 0.3) is 5.91 Å². The molecule has 140 valence electrons. The van der Waals surface area contributed by atoms with Crippen LogP contribution >= 0.6 is 11.6 Å². The van der Waals surface area contributed by atoms with Crippen LogP contribution in [0.2, 0.25) is 5.02 Å². The number of nitrogens with one attached hydrogen (secondary N) is 1. The third kappa shape index (κ3) is 3.71. The second kappa shape index (κ2) is 7.48. The summed E-state index contributed by atoms with van der Waals surface area (Å²) in [6, 6.07) is 12.4. The van der Waals surface area contributed by atoms with Gasteiger partial charge in [0, 0.05) is 24.6 Å². The molecule has 0 radical (unpaired) electrons. The van der Waals surface area contributed by atoms with Crippen molar-refractivity contribution in [3.8, 4) is 11.5 Å². The number of anilines is 1. The van der Waals surface area contributed by atoms with Crippen molar-refractivity contribution in [3.63, 3.8) is 0 Å². The molecule has 2 aliphatic heterocycles. The van der Waals surface area contributed by atoms with Gasteiger partial charge in [-0.25, -0.2) is 0 Å². The Morgan fingerprint density at radius 3 is 2.56 bits per heavy atom. The van der Waals surface area contributed by atoms with E-state index in [2.05, 4.69) is 5.32 Å². The first-order chi connectivity index (χ1) is 13.1. The lowest BCUT2D eigenvalue weighted by molar-refractivity contribution is -0.121. The summed E-state index contributed by atoms with van der Waals surface area (Å²) in [6.07, 6.45) is 1.24. The van der Waals surface area contributed by atoms with Crippen LogP contribution in [0.5, 0.6) is 11.5 Å². The van der Waals surface area contributed by atoms with Gasteiger partial charge in [0.1, 0.15) is 0 Å². The smallest absolute Gasteiger partial charge is 0.253 e. The predicted molar refractivity (Wildman–Crippen MR) is 101 cm³/mol. The van der Waals surface area contributed by atoms with Crippen LogP contribution in [-0.2, 0) is 4.79 Å². The fourth-order valence-electron chi connectivity index (χ4n) is 3.35. The maximum Gasteiger partial charge on any atom is 0.253 e. The second-order valence-electron chi connectivity index (χ2n) is 6.60. The summed E-state index contributed by atoms with van der Waals surface area (Å²) in [7, 11) is 0. The number of rotatable bonds is 3. The summed E-state index contributed by atoms with van der Waals surface area (Å²) in [4.78, 5) is 27.0. The van der Waals surface area contributed by atoms with Gasteiger partial charge < -0.3 is 19.7 Å². The third-order valence-corrected chi connectivity index (χ3v) is 5.23. The van der Waals surface area contributed by atoms with Gasteiger partial charge in [0.05, 0.1) is 10.7 Å². The first kappa shape index (κ1) is 17.7. The number of fused-ring (bicyclic) bond motifs is 1. The third-order valence-electron chi connectivity index (χ3n) is 4.90. The van der Waals surface area contributed by atoms with E-state index in [0.29, 0.717) is 53.7 Å². The van der Waals surface area contributed by atoms with Crippen LogP contribution in [0.4, 0.5) is 5.69 Å². The van der Waals surface area contributed by atoms with Crippen molar-refractivity contribution in [2.45, 2.75) is 12.8 Å². The van der Waals surface area contributed by atoms with E-state index in [9.17, 15) is 9.59 Å². The van der Waals surface area contributed by atoms with E-state index in [1.165, 1.54) is 0 Å². The number of para-hydroxylation sites is 1. The number of amides is 2. The van der Waals surface area contributed by atoms with Crippen LogP contribution in [0.15, 0.2) is 42.5 Å². The highest BCUT2D eigenvalue weighted by Crippen LogP contribution is 2.33. The summed E-state index contributed by atoms with van der Waals surface area (Å²) in [5.74, 6) is 0.995. The van der Waals surface area contributed by atoms with E-state index in [-0.39, 0.29) is 24.5 Å². The lowest BCUT2D eigenvalue weighted by Crippen LogP contribution is -2.41. The number of likely N-dealkylation sites (tertiary alicyclic amines) is 1. The van der Waals surface area contributed by atoms with Gasteiger partial charge >= 0.3 is 0 Å². The van der Waals surface area contributed by atoms with Crippen molar-refractivity contribution in [2.24, 2.45) is 5.92 Å². The molecule has 0 unspecified atom stereocenters. The quantitative estimate of drug-likeness (QED) is 0.875. The number of hydrogen-bond donors (Lipinski definition) is 1. The second-order valence-corrected chi connectivity index (χ2v) is 7.01. The molecule has 7 heteroatoms. The predicted octanol–water partition coefficient (Wildman–Crippen LogP) is 3.56. The molecule has 2 heterocycles. The highest BCUT2D eigenvalue weighted by Gasteiger charge is 2.29. The van der Waals surface area contributed by atoms with Crippen LogP contribution in [0, 0.1) is 5.92 Å². The molecule has 0 spiro atoms. The van der Waals surface area contributed by atoms with Crippen molar-refractivity contribution < 1.29 is 19.1 Å². The standard InChI is InChI=1S/C20H19ClN2O4/c21-15-3-1-2-4-16(15)22-19(24)13-7-9-23(10-8-13)20(25)14-5-6-17-18(11-14)27-12-26-17/h1-6,11,13H,7-10,12H2,(H,22,24). The number of ether oxygens (including phenoxy) is 2. The molecule has 0 saturated carbocycles. The Balaban J connectivity index is 1.35. The number of benzene rings is 2. The normalized spacial score (nSPS) is 16.3. The lowest BCUT2D eigenvalue weighted by Gasteiger charge is -2.31. The molecule has 6 nitrogen and oxygen atoms in total. The van der Waals surface area contributed by atoms with Gasteiger partial charge in [0.2, 0.25) is 12.7 Å². The molecule has 4 rings (SSSR count). The minimum absolute atomic E-state index is 0.0571. The zero-order valence-corrected chi connectivity index (χ0v) is 15.4. The summed E-state index contributed by atoms with van der Waals surface area (Å²) in [5.41, 5.74) is 1.18. The van der Waals surface area contributed by atoms with Crippen LogP contribution in [0.3, 0.4) is 0 Å². The number of carbonyl (C=O) groups excluding carboxylic acids is 2. The van der Waals surface area contributed by atoms with E-state index in [4.69, 9.17) is 21.1 Å². The maximum absolute atomic E-state index is 12.7. The summed E-state index contributed by atoms with van der Waals surface area (Å²) in [5, 5.41) is 3.39. The highest BCUT2D eigenvalue weighted by atomic mass is 35.5. The van der Waals surface area contributed by atoms with Crippen LogP contribution in [0.25, 0.3) is 0 Å². The molecule has 0 aromatic heterocycles. The molecule has 0 aliphatic carbocycles. The minimum atomic E-state index is -0.137. The van der Waals surface area contributed by atoms with Gasteiger partial charge in [-0.05, 0) is 43.2 Å². The van der Waals surface area contributed by atoms with Gasteiger partial charge in [-0.1, -0.05) is 23.7 Å². The van der Waals surface area contributed by atoms with E-state index in [1.54, 1.807) is 35.2 Å². The van der Waals surface area contributed by atoms with E-state index >= 15 is 0 Å². The Bertz CT molecular complexity index is 878. The topological polar surface area (TPSA) is 67.9 Å². The molecule has 2 aromatic rings. The average molecular weight is 387 g/mol. The minimum Gasteiger partial charge on any atom is -0.454 e. The molecule has 0 bridgehead atoms. The number of halogens is 1. The first-order valence-corrected chi connectivity index (χ1v) is 9.24. The first-order valence-electron chi connectivity index (χ1n) is 8.86. The van der Waals surface area contributed by atoms with Crippen molar-refractivity contribution in [1.29, 1.82) is 0 Å². The molecule has 1 fully saturated rings. The molecule has 1 N–H and O–H groups in total. The number of carbonyl (C=O) groups is 2.